The third-order valence-electron chi connectivity index (χ3n) is 5.24. The molecule has 2 fully saturated rings. The van der Waals surface area contributed by atoms with Crippen molar-refractivity contribution in [2.24, 2.45) is 11.8 Å². The van der Waals surface area contributed by atoms with Crippen LogP contribution in [0.15, 0.2) is 36.4 Å². The van der Waals surface area contributed by atoms with Crippen LogP contribution < -0.4 is 4.90 Å². The highest BCUT2D eigenvalue weighted by Crippen LogP contribution is 2.57. The van der Waals surface area contributed by atoms with Gasteiger partial charge in [-0.05, 0) is 25.1 Å². The minimum atomic E-state index is -4.58. The van der Waals surface area contributed by atoms with Crippen LogP contribution >= 0.6 is 0 Å². The molecule has 0 aromatic heterocycles. The number of hydrogen-bond acceptors (Lipinski definition) is 4. The van der Waals surface area contributed by atoms with Crippen molar-refractivity contribution in [1.82, 2.24) is 0 Å². The molecule has 4 rings (SSSR count). The summed E-state index contributed by atoms with van der Waals surface area (Å²) < 4.78 is 44.6. The van der Waals surface area contributed by atoms with Crippen molar-refractivity contribution in [3.63, 3.8) is 0 Å². The van der Waals surface area contributed by atoms with E-state index in [1.165, 1.54) is 6.07 Å². The van der Waals surface area contributed by atoms with E-state index >= 15 is 0 Å². The molecule has 4 atom stereocenters. The van der Waals surface area contributed by atoms with Gasteiger partial charge in [0.1, 0.15) is 5.60 Å². The molecule has 1 aromatic rings. The maximum absolute atomic E-state index is 12.9. The molecule has 25 heavy (non-hydrogen) atoms. The molecular weight excluding hydrogens is 339 g/mol. The third-order valence-corrected chi connectivity index (χ3v) is 5.24. The molecule has 3 heterocycles. The van der Waals surface area contributed by atoms with Gasteiger partial charge in [-0.1, -0.05) is 18.2 Å². The highest BCUT2D eigenvalue weighted by Gasteiger charge is 2.72. The summed E-state index contributed by atoms with van der Waals surface area (Å²) in [7, 11) is 0. The third kappa shape index (κ3) is 1.98. The molecule has 0 saturated carbocycles. The Balaban J connectivity index is 1.78. The minimum Gasteiger partial charge on any atom is -0.393 e. The first-order valence-electron chi connectivity index (χ1n) is 7.69. The van der Waals surface area contributed by atoms with Crippen LogP contribution in [0.5, 0.6) is 0 Å². The first kappa shape index (κ1) is 16.3. The summed E-state index contributed by atoms with van der Waals surface area (Å²) in [5, 5.41) is 9.71. The Hall–Kier alpha value is -2.19. The van der Waals surface area contributed by atoms with Crippen molar-refractivity contribution >= 4 is 17.5 Å². The number of fused-ring (bicyclic) bond motifs is 5. The van der Waals surface area contributed by atoms with Crippen LogP contribution in [0.4, 0.5) is 18.9 Å². The number of nitrogens with zero attached hydrogens (tertiary/aromatic N) is 1. The van der Waals surface area contributed by atoms with Crippen molar-refractivity contribution < 1.29 is 32.6 Å². The second-order valence-electron chi connectivity index (χ2n) is 6.75. The van der Waals surface area contributed by atoms with Crippen molar-refractivity contribution in [1.29, 1.82) is 0 Å². The van der Waals surface area contributed by atoms with Crippen LogP contribution in [0.2, 0.25) is 0 Å². The molecule has 0 unspecified atom stereocenters. The lowest BCUT2D eigenvalue weighted by atomic mass is 9.73. The summed E-state index contributed by atoms with van der Waals surface area (Å²) in [6.45, 7) is 1.14. The molecule has 1 aromatic carbocycles. The molecule has 2 saturated heterocycles. The van der Waals surface area contributed by atoms with Gasteiger partial charge in [-0.2, -0.15) is 13.2 Å². The number of rotatable bonds is 2. The van der Waals surface area contributed by atoms with Gasteiger partial charge in [0, 0.05) is 0 Å². The average Bonchev–Trinajstić information content (AvgIpc) is 3.13. The monoisotopic (exact) mass is 353 g/mol. The molecule has 8 heteroatoms. The second kappa shape index (κ2) is 4.70. The number of ether oxygens (including phenoxy) is 1. The van der Waals surface area contributed by atoms with Crippen LogP contribution in [0, 0.1) is 11.8 Å². The van der Waals surface area contributed by atoms with E-state index in [1.807, 2.05) is 0 Å². The molecule has 3 aliphatic rings. The Morgan fingerprint density at radius 1 is 1.20 bits per heavy atom. The van der Waals surface area contributed by atoms with Gasteiger partial charge in [-0.3, -0.25) is 9.59 Å². The predicted octanol–water partition coefficient (Wildman–Crippen LogP) is 1.90. The summed E-state index contributed by atoms with van der Waals surface area (Å²) in [4.78, 5) is 26.5. The van der Waals surface area contributed by atoms with E-state index in [-0.39, 0.29) is 5.69 Å². The Morgan fingerprint density at radius 3 is 2.52 bits per heavy atom. The van der Waals surface area contributed by atoms with Crippen molar-refractivity contribution in [3.05, 3.63) is 42.0 Å². The Morgan fingerprint density at radius 2 is 1.88 bits per heavy atom. The number of anilines is 1. The van der Waals surface area contributed by atoms with Gasteiger partial charge in [0.05, 0.1) is 35.3 Å². The van der Waals surface area contributed by atoms with E-state index in [4.69, 9.17) is 4.74 Å². The molecule has 132 valence electrons. The predicted molar refractivity (Wildman–Crippen MR) is 79.4 cm³/mol. The average molecular weight is 353 g/mol. The van der Waals surface area contributed by atoms with Gasteiger partial charge < -0.3 is 9.84 Å². The molecule has 2 amide bonds. The van der Waals surface area contributed by atoms with E-state index < -0.39 is 53.2 Å². The minimum absolute atomic E-state index is 0.129. The van der Waals surface area contributed by atoms with Crippen molar-refractivity contribution in [2.45, 2.75) is 24.3 Å². The summed E-state index contributed by atoms with van der Waals surface area (Å²) in [6.07, 6.45) is -1.39. The summed E-state index contributed by atoms with van der Waals surface area (Å²) in [6, 6.07) is 4.09. The van der Waals surface area contributed by atoms with E-state index in [0.717, 1.165) is 23.1 Å². The largest absolute Gasteiger partial charge is 0.416 e. The quantitative estimate of drug-likeness (QED) is 0.651. The summed E-state index contributed by atoms with van der Waals surface area (Å²) >= 11 is 0. The molecule has 5 nitrogen and oxygen atoms in total. The van der Waals surface area contributed by atoms with Gasteiger partial charge in [0.25, 0.3) is 0 Å². The molecule has 2 bridgehead atoms. The Bertz CT molecular complexity index is 820. The molecule has 0 aliphatic carbocycles. The molecule has 0 radical (unpaired) electrons. The summed E-state index contributed by atoms with van der Waals surface area (Å²) in [5.74, 6) is -3.09. The van der Waals surface area contributed by atoms with Gasteiger partial charge in [-0.15, -0.1) is 0 Å². The molecule has 1 N–H and O–H groups in total. The van der Waals surface area contributed by atoms with Gasteiger partial charge in [-0.25, -0.2) is 4.90 Å². The van der Waals surface area contributed by atoms with Crippen LogP contribution in [-0.2, 0) is 20.5 Å². The fraction of sp³-hybridized carbons (Fsp3) is 0.412. The number of amides is 2. The van der Waals surface area contributed by atoms with E-state index in [9.17, 15) is 27.9 Å². The molecule has 3 aliphatic heterocycles. The number of aliphatic hydroxyl groups is 1. The van der Waals surface area contributed by atoms with E-state index in [2.05, 4.69) is 0 Å². The Labute approximate surface area is 140 Å². The number of alkyl halides is 3. The van der Waals surface area contributed by atoms with Crippen LogP contribution in [-0.4, -0.2) is 34.7 Å². The topological polar surface area (TPSA) is 66.8 Å². The SMILES string of the molecule is C[C@@]12C=C[C@@](CO)(O1)[C@H]1C(=O)N(c3cccc(C(F)(F)F)c3)C(=O)[C@@H]12. The number of imide groups is 1. The number of carbonyl (C=O) groups is 2. The number of aliphatic hydroxyl groups excluding tert-OH is 1. The zero-order valence-electron chi connectivity index (χ0n) is 13.1. The smallest absolute Gasteiger partial charge is 0.393 e. The van der Waals surface area contributed by atoms with Crippen LogP contribution in [0.3, 0.4) is 0 Å². The second-order valence-corrected chi connectivity index (χ2v) is 6.75. The fourth-order valence-corrected chi connectivity index (χ4v) is 4.12. The van der Waals surface area contributed by atoms with Crippen LogP contribution in [0.25, 0.3) is 0 Å². The highest BCUT2D eigenvalue weighted by molar-refractivity contribution is 6.23. The molecule has 0 spiro atoms. The highest BCUT2D eigenvalue weighted by atomic mass is 19.4. The number of halogens is 3. The number of hydrogen-bond donors (Lipinski definition) is 1. The van der Waals surface area contributed by atoms with Crippen molar-refractivity contribution in [3.8, 4) is 0 Å². The maximum atomic E-state index is 12.9. The van der Waals surface area contributed by atoms with E-state index in [0.29, 0.717) is 0 Å². The van der Waals surface area contributed by atoms with Crippen molar-refractivity contribution in [2.75, 3.05) is 11.5 Å². The summed E-state index contributed by atoms with van der Waals surface area (Å²) in [5.41, 5.74) is -3.43. The van der Waals surface area contributed by atoms with Gasteiger partial charge >= 0.3 is 6.18 Å². The zero-order valence-corrected chi connectivity index (χ0v) is 13.1. The first-order chi connectivity index (χ1) is 11.6. The lowest BCUT2D eigenvalue weighted by molar-refractivity contribution is -0.138. The Kier molecular flexibility index (Phi) is 3.06. The normalized spacial score (nSPS) is 36.4. The maximum Gasteiger partial charge on any atom is 0.416 e. The van der Waals surface area contributed by atoms with E-state index in [1.54, 1.807) is 19.1 Å². The van der Waals surface area contributed by atoms with Gasteiger partial charge in [0.15, 0.2) is 0 Å². The fourth-order valence-electron chi connectivity index (χ4n) is 4.12. The lowest BCUT2D eigenvalue weighted by Crippen LogP contribution is -2.43. The van der Waals surface area contributed by atoms with Crippen LogP contribution in [0.1, 0.15) is 12.5 Å². The van der Waals surface area contributed by atoms with Gasteiger partial charge in [0.2, 0.25) is 11.8 Å². The molecular formula is C17H14F3NO4. The number of benzene rings is 1. The lowest BCUT2D eigenvalue weighted by Gasteiger charge is -2.27. The first-order valence-corrected chi connectivity index (χ1v) is 7.69. The number of carbonyl (C=O) groups excluding carboxylic acids is 2. The standard InChI is InChI=1S/C17H14F3NO4/c1-15-5-6-16(8-22,25-15)12-11(15)13(23)21(14(12)24)10-4-2-3-9(7-10)17(18,19)20/h2-7,11-12,22H,8H2,1H3/t11-,12-,15+,16+/m1/s1. The zero-order chi connectivity index (χ0) is 18.2.